The quantitative estimate of drug-likeness (QED) is 0.478. The van der Waals surface area contributed by atoms with E-state index < -0.39 is 14.9 Å². The standard InChI is InChI=1S/C14H12ClN3O5S/c1-23-14-7-2-10(8-13(14)18(19)20)9-16-17-24(21,22)12-5-3-11(15)4-6-12/h2-9,17H,1H3/b16-9+. The van der Waals surface area contributed by atoms with Gasteiger partial charge in [0.25, 0.3) is 10.0 Å². The van der Waals surface area contributed by atoms with Crippen molar-refractivity contribution in [2.45, 2.75) is 4.90 Å². The van der Waals surface area contributed by atoms with Crippen LogP contribution in [0.3, 0.4) is 0 Å². The lowest BCUT2D eigenvalue weighted by Crippen LogP contribution is -2.18. The normalized spacial score (nSPS) is 11.4. The van der Waals surface area contributed by atoms with Crippen LogP contribution in [0.2, 0.25) is 5.02 Å². The summed E-state index contributed by atoms with van der Waals surface area (Å²) in [5, 5.41) is 15.0. The van der Waals surface area contributed by atoms with E-state index in [0.717, 1.165) is 6.21 Å². The molecule has 0 radical (unpaired) electrons. The molecule has 0 aliphatic carbocycles. The van der Waals surface area contributed by atoms with Crippen LogP contribution in [-0.4, -0.2) is 26.7 Å². The molecular formula is C14H12ClN3O5S. The third-order valence-corrected chi connectivity index (χ3v) is 4.40. The first-order valence-corrected chi connectivity index (χ1v) is 8.32. The molecule has 0 aliphatic heterocycles. The minimum absolute atomic E-state index is 0.00948. The van der Waals surface area contributed by atoms with Gasteiger partial charge in [0, 0.05) is 16.7 Å². The molecule has 0 unspecified atom stereocenters. The second-order valence-corrected chi connectivity index (χ2v) is 6.59. The number of ether oxygens (including phenoxy) is 1. The third-order valence-electron chi connectivity index (χ3n) is 2.91. The van der Waals surface area contributed by atoms with Gasteiger partial charge in [0.1, 0.15) is 0 Å². The average Bonchev–Trinajstić information content (AvgIpc) is 2.55. The van der Waals surface area contributed by atoms with Crippen molar-refractivity contribution in [1.29, 1.82) is 0 Å². The van der Waals surface area contributed by atoms with E-state index in [9.17, 15) is 18.5 Å². The number of hydrazone groups is 1. The summed E-state index contributed by atoms with van der Waals surface area (Å²) in [5.41, 5.74) is 0.0864. The van der Waals surface area contributed by atoms with Gasteiger partial charge in [-0.1, -0.05) is 11.6 Å². The van der Waals surface area contributed by atoms with Crippen molar-refractivity contribution in [2.24, 2.45) is 5.10 Å². The van der Waals surface area contributed by atoms with E-state index in [2.05, 4.69) is 5.10 Å². The molecule has 0 heterocycles. The maximum Gasteiger partial charge on any atom is 0.311 e. The highest BCUT2D eigenvalue weighted by atomic mass is 35.5. The first-order valence-electron chi connectivity index (χ1n) is 6.46. The minimum Gasteiger partial charge on any atom is -0.490 e. The van der Waals surface area contributed by atoms with Crippen LogP contribution >= 0.6 is 11.6 Å². The van der Waals surface area contributed by atoms with Crippen molar-refractivity contribution in [3.05, 3.63) is 63.2 Å². The molecule has 126 valence electrons. The first kappa shape index (κ1) is 17.7. The van der Waals surface area contributed by atoms with Crippen LogP contribution in [0.15, 0.2) is 52.5 Å². The summed E-state index contributed by atoms with van der Waals surface area (Å²) in [6.07, 6.45) is 1.15. The van der Waals surface area contributed by atoms with Crippen LogP contribution in [0.5, 0.6) is 5.75 Å². The summed E-state index contributed by atoms with van der Waals surface area (Å²) in [5.74, 6) is 0.0962. The van der Waals surface area contributed by atoms with E-state index in [1.807, 2.05) is 4.83 Å². The molecule has 2 rings (SSSR count). The van der Waals surface area contributed by atoms with Gasteiger partial charge in [0.2, 0.25) is 0 Å². The van der Waals surface area contributed by atoms with Gasteiger partial charge in [-0.05, 0) is 36.4 Å². The summed E-state index contributed by atoms with van der Waals surface area (Å²) < 4.78 is 28.9. The molecule has 2 aromatic carbocycles. The largest absolute Gasteiger partial charge is 0.490 e. The van der Waals surface area contributed by atoms with E-state index in [1.165, 1.54) is 49.6 Å². The van der Waals surface area contributed by atoms with Crippen LogP contribution < -0.4 is 9.57 Å². The number of nitrogens with one attached hydrogen (secondary N) is 1. The number of hydrogen-bond donors (Lipinski definition) is 1. The minimum atomic E-state index is -3.85. The first-order chi connectivity index (χ1) is 11.3. The van der Waals surface area contributed by atoms with Gasteiger partial charge < -0.3 is 4.74 Å². The van der Waals surface area contributed by atoms with E-state index in [-0.39, 0.29) is 16.3 Å². The number of methoxy groups -OCH3 is 1. The number of nitrogens with zero attached hydrogens (tertiary/aromatic N) is 2. The number of rotatable bonds is 6. The fraction of sp³-hybridized carbons (Fsp3) is 0.0714. The fourth-order valence-corrected chi connectivity index (χ4v) is 2.68. The molecule has 0 bridgehead atoms. The zero-order valence-electron chi connectivity index (χ0n) is 12.3. The summed E-state index contributed by atoms with van der Waals surface area (Å²) in [6, 6.07) is 9.66. The van der Waals surface area contributed by atoms with Gasteiger partial charge in [-0.3, -0.25) is 10.1 Å². The highest BCUT2D eigenvalue weighted by Crippen LogP contribution is 2.26. The van der Waals surface area contributed by atoms with Crippen LogP contribution in [-0.2, 0) is 10.0 Å². The van der Waals surface area contributed by atoms with Gasteiger partial charge in [-0.25, -0.2) is 4.83 Å². The molecule has 24 heavy (non-hydrogen) atoms. The number of benzene rings is 2. The molecule has 8 nitrogen and oxygen atoms in total. The molecule has 1 N–H and O–H groups in total. The Balaban J connectivity index is 2.18. The van der Waals surface area contributed by atoms with E-state index >= 15 is 0 Å². The molecule has 0 spiro atoms. The predicted octanol–water partition coefficient (Wildman–Crippen LogP) is 2.57. The van der Waals surface area contributed by atoms with Crippen LogP contribution in [0, 0.1) is 10.1 Å². The van der Waals surface area contributed by atoms with Crippen LogP contribution in [0.4, 0.5) is 5.69 Å². The maximum atomic E-state index is 12.0. The Labute approximate surface area is 142 Å². The molecule has 0 saturated heterocycles. The van der Waals surface area contributed by atoms with Crippen molar-refractivity contribution in [2.75, 3.05) is 7.11 Å². The van der Waals surface area contributed by atoms with Gasteiger partial charge in [-0.2, -0.15) is 13.5 Å². The molecule has 0 fully saturated rings. The summed E-state index contributed by atoms with van der Waals surface area (Å²) in [7, 11) is -2.54. The van der Waals surface area contributed by atoms with Crippen LogP contribution in [0.1, 0.15) is 5.56 Å². The monoisotopic (exact) mass is 369 g/mol. The molecular weight excluding hydrogens is 358 g/mol. The molecule has 2 aromatic rings. The van der Waals surface area contributed by atoms with Gasteiger partial charge in [-0.15, -0.1) is 0 Å². The lowest BCUT2D eigenvalue weighted by molar-refractivity contribution is -0.385. The zero-order valence-corrected chi connectivity index (χ0v) is 13.9. The van der Waals surface area contributed by atoms with Crippen molar-refractivity contribution in [3.63, 3.8) is 0 Å². The van der Waals surface area contributed by atoms with E-state index in [1.54, 1.807) is 0 Å². The lowest BCUT2D eigenvalue weighted by atomic mass is 10.2. The van der Waals surface area contributed by atoms with Gasteiger partial charge in [0.05, 0.1) is 23.1 Å². The Morgan fingerprint density at radius 3 is 2.50 bits per heavy atom. The lowest BCUT2D eigenvalue weighted by Gasteiger charge is -2.04. The number of nitro groups is 1. The van der Waals surface area contributed by atoms with Crippen molar-refractivity contribution in [3.8, 4) is 5.75 Å². The second kappa shape index (κ2) is 7.28. The summed E-state index contributed by atoms with van der Waals surface area (Å²) in [4.78, 5) is 12.3. The molecule has 0 aromatic heterocycles. The smallest absolute Gasteiger partial charge is 0.311 e. The Hall–Kier alpha value is -2.65. The third kappa shape index (κ3) is 4.21. The number of halogens is 1. The van der Waals surface area contributed by atoms with Crippen molar-refractivity contribution >= 4 is 33.5 Å². The number of nitro benzene ring substituents is 1. The summed E-state index contributed by atoms with van der Waals surface area (Å²) >= 11 is 5.70. The Morgan fingerprint density at radius 2 is 1.92 bits per heavy atom. The van der Waals surface area contributed by atoms with Crippen LogP contribution in [0.25, 0.3) is 0 Å². The number of hydrogen-bond acceptors (Lipinski definition) is 6. The average molecular weight is 370 g/mol. The maximum absolute atomic E-state index is 12.0. The topological polar surface area (TPSA) is 111 Å². The Bertz CT molecular complexity index is 882. The fourth-order valence-electron chi connectivity index (χ4n) is 1.77. The van der Waals surface area contributed by atoms with Crippen molar-refractivity contribution < 1.29 is 18.1 Å². The highest BCUT2D eigenvalue weighted by Gasteiger charge is 2.15. The molecule has 10 heteroatoms. The Kier molecular flexibility index (Phi) is 5.37. The molecule has 0 aliphatic rings. The predicted molar refractivity (Wildman–Crippen MR) is 89.0 cm³/mol. The highest BCUT2D eigenvalue weighted by molar-refractivity contribution is 7.89. The van der Waals surface area contributed by atoms with Gasteiger partial charge in [0.15, 0.2) is 5.75 Å². The molecule has 0 amide bonds. The SMILES string of the molecule is COc1ccc(/C=N/NS(=O)(=O)c2ccc(Cl)cc2)cc1[N+](=O)[O-]. The van der Waals surface area contributed by atoms with Gasteiger partial charge >= 0.3 is 5.69 Å². The molecule has 0 atom stereocenters. The second-order valence-electron chi connectivity index (χ2n) is 4.50. The molecule has 0 saturated carbocycles. The summed E-state index contributed by atoms with van der Waals surface area (Å²) in [6.45, 7) is 0. The number of sulfonamides is 1. The van der Waals surface area contributed by atoms with E-state index in [0.29, 0.717) is 10.6 Å². The zero-order chi connectivity index (χ0) is 17.7. The Morgan fingerprint density at radius 1 is 1.25 bits per heavy atom. The van der Waals surface area contributed by atoms with E-state index in [4.69, 9.17) is 16.3 Å². The van der Waals surface area contributed by atoms with Crippen molar-refractivity contribution in [1.82, 2.24) is 4.83 Å².